The highest BCUT2D eigenvalue weighted by Crippen LogP contribution is 2.29. The maximum atomic E-state index is 5.64. The maximum absolute atomic E-state index is 5.64. The third-order valence-corrected chi connectivity index (χ3v) is 3.99. The summed E-state index contributed by atoms with van der Waals surface area (Å²) < 4.78 is 0. The highest BCUT2D eigenvalue weighted by Gasteiger charge is 2.23. The van der Waals surface area contributed by atoms with Crippen molar-refractivity contribution in [2.45, 2.75) is 52.2 Å². The van der Waals surface area contributed by atoms with Crippen LogP contribution in [0.25, 0.3) is 0 Å². The van der Waals surface area contributed by atoms with Crippen molar-refractivity contribution in [2.75, 3.05) is 0 Å². The average molecular weight is 247 g/mol. The number of rotatable bonds is 5. The van der Waals surface area contributed by atoms with Gasteiger partial charge in [-0.2, -0.15) is 5.48 Å². The van der Waals surface area contributed by atoms with E-state index in [0.29, 0.717) is 12.6 Å². The van der Waals surface area contributed by atoms with Crippen molar-refractivity contribution in [1.29, 1.82) is 0 Å². The summed E-state index contributed by atoms with van der Waals surface area (Å²) in [5, 5.41) is 0. The van der Waals surface area contributed by atoms with Crippen molar-refractivity contribution >= 4 is 0 Å². The van der Waals surface area contributed by atoms with Gasteiger partial charge in [0.2, 0.25) is 0 Å². The predicted molar refractivity (Wildman–Crippen MR) is 75.0 cm³/mol. The van der Waals surface area contributed by atoms with Crippen LogP contribution in [0.4, 0.5) is 0 Å². The molecule has 0 heterocycles. The molecule has 1 aromatic carbocycles. The van der Waals surface area contributed by atoms with Crippen LogP contribution in [0.15, 0.2) is 30.3 Å². The van der Waals surface area contributed by atoms with Crippen LogP contribution in [0.5, 0.6) is 0 Å². The summed E-state index contributed by atoms with van der Waals surface area (Å²) >= 11 is 0. The smallest absolute Gasteiger partial charge is 0.0933 e. The lowest BCUT2D eigenvalue weighted by Gasteiger charge is -2.31. The fraction of sp³-hybridized carbons (Fsp3) is 0.625. The third kappa shape index (κ3) is 4.11. The van der Waals surface area contributed by atoms with Crippen LogP contribution in [0, 0.1) is 11.8 Å². The van der Waals surface area contributed by atoms with Crippen LogP contribution in [-0.4, -0.2) is 6.04 Å². The number of benzene rings is 1. The molecule has 2 nitrogen and oxygen atoms in total. The molecule has 2 rings (SSSR count). The minimum Gasteiger partial charge on any atom is -0.297 e. The Morgan fingerprint density at radius 1 is 1.22 bits per heavy atom. The Labute approximate surface area is 111 Å². The lowest BCUT2D eigenvalue weighted by molar-refractivity contribution is -0.0126. The first-order valence-electron chi connectivity index (χ1n) is 7.17. The molecule has 1 aliphatic carbocycles. The number of nitrogens with one attached hydrogen (secondary N) is 1. The molecule has 2 unspecified atom stereocenters. The van der Waals surface area contributed by atoms with Crippen molar-refractivity contribution < 1.29 is 4.84 Å². The van der Waals surface area contributed by atoms with Crippen molar-refractivity contribution in [3.05, 3.63) is 35.9 Å². The summed E-state index contributed by atoms with van der Waals surface area (Å²) in [5.41, 5.74) is 4.48. The van der Waals surface area contributed by atoms with E-state index in [2.05, 4.69) is 31.5 Å². The van der Waals surface area contributed by atoms with Gasteiger partial charge in [-0.15, -0.1) is 0 Å². The Kier molecular flexibility index (Phi) is 5.21. The van der Waals surface area contributed by atoms with Gasteiger partial charge in [0.15, 0.2) is 0 Å². The van der Waals surface area contributed by atoms with E-state index in [1.807, 2.05) is 18.2 Å². The predicted octanol–water partition coefficient (Wildman–Crippen LogP) is 3.92. The van der Waals surface area contributed by atoms with Gasteiger partial charge in [-0.05, 0) is 30.2 Å². The molecular weight excluding hydrogens is 222 g/mol. The van der Waals surface area contributed by atoms with Crippen molar-refractivity contribution in [1.82, 2.24) is 5.48 Å². The highest BCUT2D eigenvalue weighted by atomic mass is 16.6. The van der Waals surface area contributed by atoms with E-state index in [-0.39, 0.29) is 0 Å². The molecule has 1 saturated carbocycles. The molecule has 0 amide bonds. The van der Waals surface area contributed by atoms with Gasteiger partial charge >= 0.3 is 0 Å². The minimum absolute atomic E-state index is 0.537. The third-order valence-electron chi connectivity index (χ3n) is 3.99. The lowest BCUT2D eigenvalue weighted by atomic mass is 9.79. The first kappa shape index (κ1) is 13.6. The molecule has 18 heavy (non-hydrogen) atoms. The molecule has 1 fully saturated rings. The normalized spacial score (nSPS) is 24.4. The Bertz CT molecular complexity index is 336. The molecule has 2 atom stereocenters. The van der Waals surface area contributed by atoms with Crippen LogP contribution >= 0.6 is 0 Å². The fourth-order valence-electron chi connectivity index (χ4n) is 2.76. The molecule has 0 aromatic heterocycles. The van der Waals surface area contributed by atoms with Crippen LogP contribution in [0.2, 0.25) is 0 Å². The van der Waals surface area contributed by atoms with E-state index in [1.165, 1.54) is 31.2 Å². The number of hydroxylamine groups is 1. The number of hydrogen-bond acceptors (Lipinski definition) is 2. The summed E-state index contributed by atoms with van der Waals surface area (Å²) in [6, 6.07) is 10.9. The molecular formula is C16H25NO. The van der Waals surface area contributed by atoms with Crippen LogP contribution in [-0.2, 0) is 11.4 Å². The van der Waals surface area contributed by atoms with E-state index in [9.17, 15) is 0 Å². The maximum Gasteiger partial charge on any atom is 0.0933 e. The molecule has 0 spiro atoms. The van der Waals surface area contributed by atoms with Crippen molar-refractivity contribution in [2.24, 2.45) is 11.8 Å². The highest BCUT2D eigenvalue weighted by molar-refractivity contribution is 5.13. The molecule has 1 aromatic rings. The first-order valence-corrected chi connectivity index (χ1v) is 7.17. The summed E-state index contributed by atoms with van der Waals surface area (Å²) in [6.07, 6.45) is 5.22. The molecule has 0 aliphatic heterocycles. The summed E-state index contributed by atoms with van der Waals surface area (Å²) in [4.78, 5) is 5.64. The SMILES string of the molecule is CC(C)C1CCCC(NOCc2ccccc2)C1. The van der Waals surface area contributed by atoms with Gasteiger partial charge < -0.3 is 0 Å². The molecule has 2 heteroatoms. The van der Waals surface area contributed by atoms with E-state index < -0.39 is 0 Å². The molecule has 0 saturated heterocycles. The standard InChI is InChI=1S/C16H25NO/c1-13(2)15-9-6-10-16(11-15)17-18-12-14-7-4-3-5-8-14/h3-5,7-8,13,15-17H,6,9-12H2,1-2H3. The Morgan fingerprint density at radius 3 is 2.72 bits per heavy atom. The van der Waals surface area contributed by atoms with E-state index in [4.69, 9.17) is 4.84 Å². The first-order chi connectivity index (χ1) is 8.75. The van der Waals surface area contributed by atoms with Gasteiger partial charge in [-0.1, -0.05) is 57.0 Å². The Hall–Kier alpha value is -0.860. The van der Waals surface area contributed by atoms with Gasteiger partial charge in [0.05, 0.1) is 6.61 Å². The van der Waals surface area contributed by atoms with Crippen LogP contribution < -0.4 is 5.48 Å². The van der Waals surface area contributed by atoms with Gasteiger partial charge in [0, 0.05) is 6.04 Å². The fourth-order valence-corrected chi connectivity index (χ4v) is 2.76. The van der Waals surface area contributed by atoms with E-state index in [1.54, 1.807) is 0 Å². The summed E-state index contributed by atoms with van der Waals surface area (Å²) in [7, 11) is 0. The topological polar surface area (TPSA) is 21.3 Å². The van der Waals surface area contributed by atoms with Crippen LogP contribution in [0.1, 0.15) is 45.1 Å². The van der Waals surface area contributed by atoms with Crippen LogP contribution in [0.3, 0.4) is 0 Å². The summed E-state index contributed by atoms with van der Waals surface area (Å²) in [6.45, 7) is 5.32. The second kappa shape index (κ2) is 6.91. The average Bonchev–Trinajstić information content (AvgIpc) is 2.40. The molecule has 1 aliphatic rings. The van der Waals surface area contributed by atoms with Gasteiger partial charge in [0.1, 0.15) is 0 Å². The van der Waals surface area contributed by atoms with E-state index >= 15 is 0 Å². The Morgan fingerprint density at radius 2 is 2.00 bits per heavy atom. The van der Waals surface area contributed by atoms with Crippen molar-refractivity contribution in [3.63, 3.8) is 0 Å². The summed E-state index contributed by atoms with van der Waals surface area (Å²) in [5.74, 6) is 1.65. The number of hydrogen-bond donors (Lipinski definition) is 1. The van der Waals surface area contributed by atoms with Gasteiger partial charge in [-0.25, -0.2) is 0 Å². The molecule has 100 valence electrons. The lowest BCUT2D eigenvalue weighted by Crippen LogP contribution is -2.35. The zero-order chi connectivity index (χ0) is 12.8. The van der Waals surface area contributed by atoms with Crippen molar-refractivity contribution in [3.8, 4) is 0 Å². The second-order valence-electron chi connectivity index (χ2n) is 5.76. The largest absolute Gasteiger partial charge is 0.297 e. The second-order valence-corrected chi connectivity index (χ2v) is 5.76. The zero-order valence-electron chi connectivity index (χ0n) is 11.6. The van der Waals surface area contributed by atoms with E-state index in [0.717, 1.165) is 11.8 Å². The van der Waals surface area contributed by atoms with Gasteiger partial charge in [0.25, 0.3) is 0 Å². The van der Waals surface area contributed by atoms with Gasteiger partial charge in [-0.3, -0.25) is 4.84 Å². The molecule has 0 bridgehead atoms. The molecule has 1 N–H and O–H groups in total. The minimum atomic E-state index is 0.537. The Balaban J connectivity index is 1.70. The monoisotopic (exact) mass is 247 g/mol. The quantitative estimate of drug-likeness (QED) is 0.796. The zero-order valence-corrected chi connectivity index (χ0v) is 11.6. The molecule has 0 radical (unpaired) electrons.